The van der Waals surface area contributed by atoms with Gasteiger partial charge in [-0.2, -0.15) is 0 Å². The van der Waals surface area contributed by atoms with Crippen LogP contribution in [0, 0.1) is 0 Å². The molecule has 7 heteroatoms. The first-order valence-electron chi connectivity index (χ1n) is 8.55. The molecule has 1 aromatic heterocycles. The summed E-state index contributed by atoms with van der Waals surface area (Å²) in [5.74, 6) is -0.668. The fraction of sp³-hybridized carbons (Fsp3) is 0.444. The van der Waals surface area contributed by atoms with Crippen molar-refractivity contribution in [1.82, 2.24) is 14.5 Å². The second-order valence-corrected chi connectivity index (χ2v) is 6.24. The molecule has 0 saturated heterocycles. The van der Waals surface area contributed by atoms with Crippen LogP contribution in [0.4, 0.5) is 0 Å². The number of hydrogen-bond acceptors (Lipinski definition) is 4. The molecule has 3 rings (SSSR count). The molecule has 2 heterocycles. The molecule has 7 nitrogen and oxygen atoms in total. The van der Waals surface area contributed by atoms with Crippen LogP contribution in [-0.2, 0) is 17.8 Å². The molecule has 0 unspecified atom stereocenters. The molecule has 1 N–H and O–H groups in total. The number of nitrogens with zero attached hydrogens (tertiary/aromatic N) is 3. The third-order valence-electron chi connectivity index (χ3n) is 4.56. The van der Waals surface area contributed by atoms with Gasteiger partial charge in [-0.3, -0.25) is 19.0 Å². The van der Waals surface area contributed by atoms with Gasteiger partial charge in [-0.1, -0.05) is 6.42 Å². The molecular formula is C18H21N3O4. The molecule has 0 spiro atoms. The number of carbonyl (C=O) groups is 2. The highest BCUT2D eigenvalue weighted by atomic mass is 16.4. The molecule has 1 aliphatic rings. The summed E-state index contributed by atoms with van der Waals surface area (Å²) < 4.78 is 1.74. The van der Waals surface area contributed by atoms with Crippen molar-refractivity contribution in [1.29, 1.82) is 0 Å². The number of rotatable bonds is 4. The topological polar surface area (TPSA) is 92.5 Å². The summed E-state index contributed by atoms with van der Waals surface area (Å²) in [6, 6.07) is 4.78. The largest absolute Gasteiger partial charge is 0.480 e. The Morgan fingerprint density at radius 3 is 2.80 bits per heavy atom. The van der Waals surface area contributed by atoms with Gasteiger partial charge < -0.3 is 10.0 Å². The van der Waals surface area contributed by atoms with Crippen molar-refractivity contribution >= 4 is 22.8 Å². The maximum atomic E-state index is 12.7. The molecule has 0 aliphatic carbocycles. The van der Waals surface area contributed by atoms with Crippen molar-refractivity contribution in [3.63, 3.8) is 0 Å². The van der Waals surface area contributed by atoms with Crippen LogP contribution in [0.5, 0.6) is 0 Å². The standard InChI is InChI=1S/C18H21N3O4/c1-2-20(11-16(22)23)17(24)12-7-8-13-14(10-12)19-15-6-4-3-5-9-21(15)18(13)25/h7-8,10H,2-6,9,11H2,1H3,(H,22,23). The van der Waals surface area contributed by atoms with E-state index in [1.807, 2.05) is 0 Å². The van der Waals surface area contributed by atoms with Crippen molar-refractivity contribution < 1.29 is 14.7 Å². The van der Waals surface area contributed by atoms with Crippen LogP contribution in [0.15, 0.2) is 23.0 Å². The SMILES string of the molecule is CCN(CC(=O)O)C(=O)c1ccc2c(=O)n3c(nc2c1)CCCCC3. The zero-order chi connectivity index (χ0) is 18.0. The number of carboxylic acid groups (broad SMARTS) is 1. The van der Waals surface area contributed by atoms with Gasteiger partial charge in [0.1, 0.15) is 12.4 Å². The molecule has 0 bridgehead atoms. The molecule has 0 saturated carbocycles. The summed E-state index contributed by atoms with van der Waals surface area (Å²) >= 11 is 0. The van der Waals surface area contributed by atoms with Gasteiger partial charge in [0.25, 0.3) is 11.5 Å². The first kappa shape index (κ1) is 17.1. The Hall–Kier alpha value is -2.70. The van der Waals surface area contributed by atoms with Crippen molar-refractivity contribution in [3.8, 4) is 0 Å². The van der Waals surface area contributed by atoms with Gasteiger partial charge in [-0.15, -0.1) is 0 Å². The maximum Gasteiger partial charge on any atom is 0.323 e. The van der Waals surface area contributed by atoms with E-state index in [0.29, 0.717) is 29.6 Å². The molecule has 0 fully saturated rings. The van der Waals surface area contributed by atoms with Crippen LogP contribution in [0.2, 0.25) is 0 Å². The Balaban J connectivity index is 2.04. The second-order valence-electron chi connectivity index (χ2n) is 6.24. The number of fused-ring (bicyclic) bond motifs is 2. The minimum Gasteiger partial charge on any atom is -0.480 e. The molecule has 1 aliphatic heterocycles. The summed E-state index contributed by atoms with van der Waals surface area (Å²) in [5.41, 5.74) is 0.773. The van der Waals surface area contributed by atoms with Gasteiger partial charge in [0.2, 0.25) is 0 Å². The quantitative estimate of drug-likeness (QED) is 0.911. The first-order valence-corrected chi connectivity index (χ1v) is 8.55. The van der Waals surface area contributed by atoms with Crippen LogP contribution < -0.4 is 5.56 Å². The number of carbonyl (C=O) groups excluding carboxylic acids is 1. The lowest BCUT2D eigenvalue weighted by molar-refractivity contribution is -0.137. The van der Waals surface area contributed by atoms with Crippen LogP contribution in [0.1, 0.15) is 42.4 Å². The van der Waals surface area contributed by atoms with Gasteiger partial charge in [-0.05, 0) is 38.0 Å². The van der Waals surface area contributed by atoms with Crippen molar-refractivity contribution in [2.45, 2.75) is 39.2 Å². The van der Waals surface area contributed by atoms with E-state index >= 15 is 0 Å². The summed E-state index contributed by atoms with van der Waals surface area (Å²) in [4.78, 5) is 42.0. The number of amides is 1. The Morgan fingerprint density at radius 2 is 2.08 bits per heavy atom. The van der Waals surface area contributed by atoms with Crippen molar-refractivity contribution in [3.05, 3.63) is 39.9 Å². The Kier molecular flexibility index (Phi) is 4.83. The third-order valence-corrected chi connectivity index (χ3v) is 4.56. The second kappa shape index (κ2) is 7.04. The van der Waals surface area contributed by atoms with Gasteiger partial charge >= 0.3 is 5.97 Å². The number of benzene rings is 1. The highest BCUT2D eigenvalue weighted by Crippen LogP contribution is 2.17. The normalized spacial score (nSPS) is 14.0. The van der Waals surface area contributed by atoms with Gasteiger partial charge in [0.05, 0.1) is 10.9 Å². The predicted octanol–water partition coefficient (Wildman–Crippen LogP) is 1.67. The Bertz CT molecular complexity index is 888. The fourth-order valence-corrected chi connectivity index (χ4v) is 3.22. The average molecular weight is 343 g/mol. The van der Waals surface area contributed by atoms with E-state index in [2.05, 4.69) is 4.98 Å². The minimum atomic E-state index is -1.06. The van der Waals surface area contributed by atoms with E-state index in [1.54, 1.807) is 29.7 Å². The Labute approximate surface area is 144 Å². The summed E-state index contributed by atoms with van der Waals surface area (Å²) in [6.07, 6.45) is 3.79. The number of hydrogen-bond donors (Lipinski definition) is 1. The van der Waals surface area contributed by atoms with Crippen LogP contribution in [0.3, 0.4) is 0 Å². The highest BCUT2D eigenvalue weighted by molar-refractivity contribution is 5.98. The molecule has 132 valence electrons. The lowest BCUT2D eigenvalue weighted by Crippen LogP contribution is -2.35. The Morgan fingerprint density at radius 1 is 1.28 bits per heavy atom. The third kappa shape index (κ3) is 3.40. The van der Waals surface area contributed by atoms with E-state index in [-0.39, 0.29) is 18.0 Å². The summed E-state index contributed by atoms with van der Waals surface area (Å²) in [6.45, 7) is 2.35. The number of carboxylic acids is 1. The van der Waals surface area contributed by atoms with Crippen molar-refractivity contribution in [2.75, 3.05) is 13.1 Å². The van der Waals surface area contributed by atoms with Crippen LogP contribution in [-0.4, -0.2) is 44.5 Å². The zero-order valence-electron chi connectivity index (χ0n) is 14.2. The molecular weight excluding hydrogens is 322 g/mol. The summed E-state index contributed by atoms with van der Waals surface area (Å²) in [7, 11) is 0. The molecule has 2 aromatic rings. The molecule has 25 heavy (non-hydrogen) atoms. The highest BCUT2D eigenvalue weighted by Gasteiger charge is 2.19. The average Bonchev–Trinajstić information content (AvgIpc) is 2.84. The number of aliphatic carboxylic acids is 1. The fourth-order valence-electron chi connectivity index (χ4n) is 3.22. The van der Waals surface area contributed by atoms with Crippen LogP contribution >= 0.6 is 0 Å². The first-order chi connectivity index (χ1) is 12.0. The molecule has 0 atom stereocenters. The van der Waals surface area contributed by atoms with E-state index < -0.39 is 5.97 Å². The van der Waals surface area contributed by atoms with Gasteiger partial charge in [-0.25, -0.2) is 4.98 Å². The van der Waals surface area contributed by atoms with Gasteiger partial charge in [0.15, 0.2) is 0 Å². The predicted molar refractivity (Wildman–Crippen MR) is 92.8 cm³/mol. The lowest BCUT2D eigenvalue weighted by Gasteiger charge is -2.18. The number of likely N-dealkylation sites (N-methyl/N-ethyl adjacent to an activating group) is 1. The van der Waals surface area contributed by atoms with Crippen LogP contribution in [0.25, 0.3) is 10.9 Å². The molecule has 1 amide bonds. The monoisotopic (exact) mass is 343 g/mol. The van der Waals surface area contributed by atoms with E-state index in [0.717, 1.165) is 31.5 Å². The van der Waals surface area contributed by atoms with Crippen molar-refractivity contribution in [2.24, 2.45) is 0 Å². The van der Waals surface area contributed by atoms with E-state index in [1.165, 1.54) is 4.90 Å². The smallest absolute Gasteiger partial charge is 0.323 e. The minimum absolute atomic E-state index is 0.0706. The van der Waals surface area contributed by atoms with E-state index in [9.17, 15) is 14.4 Å². The summed E-state index contributed by atoms with van der Waals surface area (Å²) in [5, 5.41) is 9.42. The lowest BCUT2D eigenvalue weighted by atomic mass is 10.1. The zero-order valence-corrected chi connectivity index (χ0v) is 14.2. The number of aryl methyl sites for hydroxylation is 1. The molecule has 0 radical (unpaired) electrons. The van der Waals surface area contributed by atoms with Gasteiger partial charge in [0, 0.05) is 25.1 Å². The molecule has 1 aromatic carbocycles. The maximum absolute atomic E-state index is 12.7. The van der Waals surface area contributed by atoms with E-state index in [4.69, 9.17) is 5.11 Å². The number of aromatic nitrogens is 2.